The molecule has 1 aromatic carbocycles. The van der Waals surface area contributed by atoms with E-state index in [-0.39, 0.29) is 31.2 Å². The minimum absolute atomic E-state index is 0.110. The van der Waals surface area contributed by atoms with Crippen molar-refractivity contribution in [3.05, 3.63) is 35.1 Å². The smallest absolute Gasteiger partial charge is 0.377 e. The molecule has 1 heterocycles. The number of hydrogen-bond donors (Lipinski definition) is 0. The minimum Gasteiger partial charge on any atom is -0.377 e. The van der Waals surface area contributed by atoms with E-state index in [0.717, 1.165) is 6.07 Å². The Morgan fingerprint density at radius 3 is 2.76 bits per heavy atom. The largest absolute Gasteiger partial charge is 0.419 e. The number of amides is 1. The van der Waals surface area contributed by atoms with Crippen LogP contribution in [0.3, 0.4) is 0 Å². The summed E-state index contributed by atoms with van der Waals surface area (Å²) in [5, 5.41) is 0. The number of morpholine rings is 1. The number of carbonyl (C=O) groups is 1. The lowest BCUT2D eigenvalue weighted by atomic mass is 10.1. The lowest BCUT2D eigenvalue weighted by molar-refractivity contribution is -0.140. The summed E-state index contributed by atoms with van der Waals surface area (Å²) in [6, 6.07) is 1.80. The van der Waals surface area contributed by atoms with Gasteiger partial charge in [0.2, 0.25) is 0 Å². The summed E-state index contributed by atoms with van der Waals surface area (Å²) >= 11 is 5.72. The van der Waals surface area contributed by atoms with Crippen LogP contribution in [0.25, 0.3) is 0 Å². The molecule has 0 radical (unpaired) electrons. The summed E-state index contributed by atoms with van der Waals surface area (Å²) in [4.78, 5) is 13.6. The van der Waals surface area contributed by atoms with Crippen LogP contribution in [0.2, 0.25) is 0 Å². The summed E-state index contributed by atoms with van der Waals surface area (Å²) in [6.07, 6.45) is -4.85. The van der Waals surface area contributed by atoms with Gasteiger partial charge < -0.3 is 9.64 Å². The van der Waals surface area contributed by atoms with Gasteiger partial charge in [-0.2, -0.15) is 13.2 Å². The molecule has 8 heteroatoms. The van der Waals surface area contributed by atoms with Crippen LogP contribution in [-0.2, 0) is 10.9 Å². The van der Waals surface area contributed by atoms with Gasteiger partial charge in [0.05, 0.1) is 24.8 Å². The van der Waals surface area contributed by atoms with Gasteiger partial charge in [0.15, 0.2) is 0 Å². The van der Waals surface area contributed by atoms with Gasteiger partial charge in [0, 0.05) is 18.0 Å². The fourth-order valence-electron chi connectivity index (χ4n) is 2.09. The van der Waals surface area contributed by atoms with Gasteiger partial charge in [-0.1, -0.05) is 0 Å². The Balaban J connectivity index is 2.31. The van der Waals surface area contributed by atoms with Crippen LogP contribution < -0.4 is 0 Å². The number of carbonyl (C=O) groups excluding carboxylic acids is 1. The van der Waals surface area contributed by atoms with Crippen molar-refractivity contribution < 1.29 is 27.1 Å². The lowest BCUT2D eigenvalue weighted by Gasteiger charge is -2.34. The first-order valence-corrected chi connectivity index (χ1v) is 6.69. The monoisotopic (exact) mass is 325 g/mol. The molecule has 0 N–H and O–H groups in total. The van der Waals surface area contributed by atoms with Crippen molar-refractivity contribution in [2.24, 2.45) is 0 Å². The Morgan fingerprint density at radius 1 is 1.43 bits per heavy atom. The van der Waals surface area contributed by atoms with Crippen molar-refractivity contribution in [3.8, 4) is 0 Å². The molecule has 1 saturated heterocycles. The average molecular weight is 326 g/mol. The number of nitrogens with zero attached hydrogens (tertiary/aromatic N) is 1. The van der Waals surface area contributed by atoms with Crippen LogP contribution in [0, 0.1) is 5.82 Å². The first-order chi connectivity index (χ1) is 9.84. The Kier molecular flexibility index (Phi) is 4.73. The maximum absolute atomic E-state index is 13.2. The molecule has 0 spiro atoms. The molecule has 0 aliphatic carbocycles. The van der Waals surface area contributed by atoms with Crippen molar-refractivity contribution in [3.63, 3.8) is 0 Å². The van der Waals surface area contributed by atoms with E-state index in [1.807, 2.05) is 0 Å². The molecule has 3 nitrogen and oxygen atoms in total. The third-order valence-electron chi connectivity index (χ3n) is 3.19. The Morgan fingerprint density at radius 2 is 2.14 bits per heavy atom. The van der Waals surface area contributed by atoms with Gasteiger partial charge in [-0.25, -0.2) is 4.39 Å². The van der Waals surface area contributed by atoms with Gasteiger partial charge in [-0.05, 0) is 18.2 Å². The fraction of sp³-hybridized carbons (Fsp3) is 0.462. The van der Waals surface area contributed by atoms with E-state index in [1.165, 1.54) is 4.90 Å². The molecular weight excluding hydrogens is 314 g/mol. The maximum Gasteiger partial charge on any atom is 0.419 e. The molecule has 2 rings (SSSR count). The fourth-order valence-corrected chi connectivity index (χ4v) is 2.35. The zero-order valence-electron chi connectivity index (χ0n) is 10.8. The molecule has 0 bridgehead atoms. The second-order valence-corrected chi connectivity index (χ2v) is 4.88. The second-order valence-electron chi connectivity index (χ2n) is 4.57. The molecule has 0 aromatic heterocycles. The standard InChI is InChI=1S/C13H12ClF4NO2/c14-6-9-7-21-4-3-19(9)12(20)8-1-2-11(15)10(5-8)13(16,17)18/h1-2,5,9H,3-4,6-7H2. The molecule has 1 fully saturated rings. The molecule has 0 saturated carbocycles. The van der Waals surface area contributed by atoms with Crippen LogP contribution in [-0.4, -0.2) is 42.5 Å². The predicted molar refractivity (Wildman–Crippen MR) is 67.8 cm³/mol. The number of alkyl halides is 4. The topological polar surface area (TPSA) is 29.5 Å². The van der Waals surface area contributed by atoms with Crippen LogP contribution in [0.4, 0.5) is 17.6 Å². The van der Waals surface area contributed by atoms with E-state index in [0.29, 0.717) is 12.1 Å². The van der Waals surface area contributed by atoms with Crippen LogP contribution in [0.5, 0.6) is 0 Å². The summed E-state index contributed by atoms with van der Waals surface area (Å²) < 4.78 is 56.4. The Labute approximate surface area is 123 Å². The molecule has 116 valence electrons. The van der Waals surface area contributed by atoms with Gasteiger partial charge >= 0.3 is 6.18 Å². The SMILES string of the molecule is O=C(c1ccc(F)c(C(F)(F)F)c1)N1CCOCC1CCl. The molecule has 1 amide bonds. The quantitative estimate of drug-likeness (QED) is 0.618. The zero-order chi connectivity index (χ0) is 15.6. The third-order valence-corrected chi connectivity index (χ3v) is 3.54. The first kappa shape index (κ1) is 16.0. The third kappa shape index (κ3) is 3.47. The maximum atomic E-state index is 13.2. The van der Waals surface area contributed by atoms with E-state index in [4.69, 9.17) is 16.3 Å². The second kappa shape index (κ2) is 6.19. The molecule has 1 aromatic rings. The predicted octanol–water partition coefficient (Wildman–Crippen LogP) is 2.92. The van der Waals surface area contributed by atoms with E-state index < -0.39 is 29.5 Å². The highest BCUT2D eigenvalue weighted by Gasteiger charge is 2.35. The Bertz CT molecular complexity index is 535. The molecule has 21 heavy (non-hydrogen) atoms. The average Bonchev–Trinajstić information content (AvgIpc) is 2.45. The van der Waals surface area contributed by atoms with E-state index in [9.17, 15) is 22.4 Å². The number of hydrogen-bond acceptors (Lipinski definition) is 2. The van der Waals surface area contributed by atoms with Crippen molar-refractivity contribution in [2.75, 3.05) is 25.6 Å². The Hall–Kier alpha value is -1.34. The van der Waals surface area contributed by atoms with Crippen molar-refractivity contribution in [1.82, 2.24) is 4.90 Å². The van der Waals surface area contributed by atoms with Crippen LogP contribution >= 0.6 is 11.6 Å². The molecule has 1 unspecified atom stereocenters. The molecule has 1 aliphatic rings. The summed E-state index contributed by atoms with van der Waals surface area (Å²) in [5.41, 5.74) is -1.68. The first-order valence-electron chi connectivity index (χ1n) is 6.16. The van der Waals surface area contributed by atoms with Crippen molar-refractivity contribution in [2.45, 2.75) is 12.2 Å². The zero-order valence-corrected chi connectivity index (χ0v) is 11.5. The highest BCUT2D eigenvalue weighted by Crippen LogP contribution is 2.32. The number of benzene rings is 1. The van der Waals surface area contributed by atoms with Crippen LogP contribution in [0.1, 0.15) is 15.9 Å². The molecular formula is C13H12ClF4NO2. The van der Waals surface area contributed by atoms with Gasteiger partial charge in [-0.3, -0.25) is 4.79 Å². The summed E-state index contributed by atoms with van der Waals surface area (Å²) in [6.45, 7) is 0.740. The van der Waals surface area contributed by atoms with E-state index in [1.54, 1.807) is 0 Å². The lowest BCUT2D eigenvalue weighted by Crippen LogP contribution is -2.49. The normalized spacial score (nSPS) is 19.7. The number of ether oxygens (including phenoxy) is 1. The van der Waals surface area contributed by atoms with Gasteiger partial charge in [0.25, 0.3) is 5.91 Å². The van der Waals surface area contributed by atoms with Gasteiger partial charge in [-0.15, -0.1) is 11.6 Å². The summed E-state index contributed by atoms with van der Waals surface area (Å²) in [7, 11) is 0. The molecule has 1 aliphatic heterocycles. The number of halogens is 5. The van der Waals surface area contributed by atoms with Gasteiger partial charge in [0.1, 0.15) is 5.82 Å². The van der Waals surface area contributed by atoms with Crippen molar-refractivity contribution in [1.29, 1.82) is 0 Å². The van der Waals surface area contributed by atoms with Crippen LogP contribution in [0.15, 0.2) is 18.2 Å². The van der Waals surface area contributed by atoms with E-state index >= 15 is 0 Å². The highest BCUT2D eigenvalue weighted by molar-refractivity contribution is 6.18. The minimum atomic E-state index is -4.85. The molecule has 1 atom stereocenters. The van der Waals surface area contributed by atoms with E-state index in [2.05, 4.69) is 0 Å². The highest BCUT2D eigenvalue weighted by atomic mass is 35.5. The van der Waals surface area contributed by atoms with Crippen molar-refractivity contribution >= 4 is 17.5 Å². The number of rotatable bonds is 2. The summed E-state index contributed by atoms with van der Waals surface area (Å²) in [5.74, 6) is -1.91.